The molecule has 0 radical (unpaired) electrons. The van der Waals surface area contributed by atoms with Crippen molar-refractivity contribution in [2.75, 3.05) is 20.1 Å². The molecule has 3 atom stereocenters. The molecule has 3 aromatic rings. The SMILES string of the molecule is CN1CCC(C(=O)NC(C[C@H]2CCC3=Cc4c(cnn4-c4ccc(F)cc4)C[C@@]32C)c2ccccc2)CC1. The number of halogens is 1. The van der Waals surface area contributed by atoms with Gasteiger partial charge in [0, 0.05) is 5.92 Å². The number of nitrogens with zero attached hydrogens (tertiary/aromatic N) is 3. The molecule has 38 heavy (non-hydrogen) atoms. The van der Waals surface area contributed by atoms with Crippen molar-refractivity contribution in [3.8, 4) is 5.69 Å². The standard InChI is InChI=1S/C32H37FN4O/c1-32-20-24-21-34-37(28-12-10-27(33)11-13-28)30(24)19-26(32)9-8-25(32)18-29(22-6-4-3-5-7-22)35-31(38)23-14-16-36(2)17-15-23/h3-7,10-13,19,21,23,25,29H,8-9,14-18,20H2,1-2H3,(H,35,38)/t25-,29?,32-/m1/s1. The number of aromatic nitrogens is 2. The Morgan fingerprint density at radius 1 is 1.11 bits per heavy atom. The van der Waals surface area contributed by atoms with Crippen molar-refractivity contribution in [2.45, 2.75) is 51.5 Å². The van der Waals surface area contributed by atoms with Crippen LogP contribution < -0.4 is 5.32 Å². The Labute approximate surface area is 224 Å². The molecule has 2 aromatic carbocycles. The number of carbonyl (C=O) groups is 1. The zero-order valence-corrected chi connectivity index (χ0v) is 22.4. The first-order valence-electron chi connectivity index (χ1n) is 14.0. The van der Waals surface area contributed by atoms with Gasteiger partial charge >= 0.3 is 0 Å². The molecule has 5 nitrogen and oxygen atoms in total. The summed E-state index contributed by atoms with van der Waals surface area (Å²) in [4.78, 5) is 15.7. The van der Waals surface area contributed by atoms with Crippen LogP contribution >= 0.6 is 0 Å². The van der Waals surface area contributed by atoms with Crippen LogP contribution in [0.5, 0.6) is 0 Å². The number of piperidine rings is 1. The van der Waals surface area contributed by atoms with Gasteiger partial charge in [-0.2, -0.15) is 5.10 Å². The number of likely N-dealkylation sites (tertiary alicyclic amines) is 1. The molecule has 1 unspecified atom stereocenters. The first-order chi connectivity index (χ1) is 18.4. The van der Waals surface area contributed by atoms with Crippen molar-refractivity contribution >= 4 is 12.0 Å². The van der Waals surface area contributed by atoms with E-state index in [1.807, 2.05) is 16.9 Å². The minimum atomic E-state index is -0.241. The van der Waals surface area contributed by atoms with Gasteiger partial charge in [0.2, 0.25) is 5.91 Å². The monoisotopic (exact) mass is 512 g/mol. The molecule has 3 aliphatic rings. The highest BCUT2D eigenvalue weighted by molar-refractivity contribution is 5.79. The smallest absolute Gasteiger partial charge is 0.223 e. The molecule has 1 saturated heterocycles. The molecule has 198 valence electrons. The lowest BCUT2D eigenvalue weighted by molar-refractivity contribution is -0.127. The fourth-order valence-electron chi connectivity index (χ4n) is 6.91. The van der Waals surface area contributed by atoms with Crippen LogP contribution in [0, 0.1) is 23.1 Å². The predicted molar refractivity (Wildman–Crippen MR) is 148 cm³/mol. The third-order valence-corrected chi connectivity index (χ3v) is 9.35. The summed E-state index contributed by atoms with van der Waals surface area (Å²) in [6.07, 6.45) is 10.2. The summed E-state index contributed by atoms with van der Waals surface area (Å²) < 4.78 is 15.4. The molecular weight excluding hydrogens is 475 g/mol. The van der Waals surface area contributed by atoms with Gasteiger partial charge in [0.25, 0.3) is 0 Å². The minimum absolute atomic E-state index is 0.00728. The van der Waals surface area contributed by atoms with Gasteiger partial charge < -0.3 is 10.2 Å². The lowest BCUT2D eigenvalue weighted by Crippen LogP contribution is -2.41. The van der Waals surface area contributed by atoms with E-state index in [0.717, 1.165) is 63.0 Å². The quantitative estimate of drug-likeness (QED) is 0.444. The third-order valence-electron chi connectivity index (χ3n) is 9.35. The molecule has 1 N–H and O–H groups in total. The number of carbonyl (C=O) groups excluding carboxylic acids is 1. The fraction of sp³-hybridized carbons (Fsp3) is 0.438. The highest BCUT2D eigenvalue weighted by Gasteiger charge is 2.46. The van der Waals surface area contributed by atoms with E-state index in [-0.39, 0.29) is 29.1 Å². The number of amides is 1. The molecule has 6 rings (SSSR count). The molecule has 1 saturated carbocycles. The lowest BCUT2D eigenvalue weighted by atomic mass is 9.68. The fourth-order valence-corrected chi connectivity index (χ4v) is 6.91. The average molecular weight is 513 g/mol. The second-order valence-corrected chi connectivity index (χ2v) is 11.7. The highest BCUT2D eigenvalue weighted by Crippen LogP contribution is 2.55. The maximum atomic E-state index is 13.5. The van der Waals surface area contributed by atoms with Gasteiger partial charge in [0.15, 0.2) is 0 Å². The van der Waals surface area contributed by atoms with Crippen LogP contribution in [0.3, 0.4) is 0 Å². The molecule has 2 fully saturated rings. The highest BCUT2D eigenvalue weighted by atomic mass is 19.1. The molecule has 6 heteroatoms. The van der Waals surface area contributed by atoms with Crippen molar-refractivity contribution < 1.29 is 9.18 Å². The van der Waals surface area contributed by atoms with E-state index in [1.165, 1.54) is 28.8 Å². The zero-order valence-electron chi connectivity index (χ0n) is 22.4. The van der Waals surface area contributed by atoms with Gasteiger partial charge in [-0.3, -0.25) is 4.79 Å². The van der Waals surface area contributed by atoms with Gasteiger partial charge in [0.1, 0.15) is 5.82 Å². The zero-order chi connectivity index (χ0) is 26.3. The van der Waals surface area contributed by atoms with Gasteiger partial charge in [0.05, 0.1) is 23.6 Å². The average Bonchev–Trinajstić information content (AvgIpc) is 3.47. The number of hydrogen-bond donors (Lipinski definition) is 1. The van der Waals surface area contributed by atoms with E-state index in [1.54, 1.807) is 12.1 Å². The van der Waals surface area contributed by atoms with Crippen molar-refractivity contribution in [1.29, 1.82) is 0 Å². The third kappa shape index (κ3) is 4.71. The van der Waals surface area contributed by atoms with Gasteiger partial charge in [-0.25, -0.2) is 9.07 Å². The van der Waals surface area contributed by atoms with E-state index in [9.17, 15) is 9.18 Å². The normalized spacial score (nSPS) is 24.4. The first kappa shape index (κ1) is 25.1. The summed E-state index contributed by atoms with van der Waals surface area (Å²) >= 11 is 0. The summed E-state index contributed by atoms with van der Waals surface area (Å²) in [5, 5.41) is 8.16. The van der Waals surface area contributed by atoms with Crippen LogP contribution in [-0.4, -0.2) is 40.7 Å². The van der Waals surface area contributed by atoms with Gasteiger partial charge in [-0.1, -0.05) is 42.8 Å². The van der Waals surface area contributed by atoms with Crippen molar-refractivity contribution in [3.63, 3.8) is 0 Å². The van der Waals surface area contributed by atoms with Crippen molar-refractivity contribution in [2.24, 2.45) is 17.3 Å². The summed E-state index contributed by atoms with van der Waals surface area (Å²) in [6.45, 7) is 4.36. The van der Waals surface area contributed by atoms with Crippen LogP contribution in [0.2, 0.25) is 0 Å². The minimum Gasteiger partial charge on any atom is -0.349 e. The Morgan fingerprint density at radius 3 is 2.58 bits per heavy atom. The van der Waals surface area contributed by atoms with Crippen LogP contribution in [0.25, 0.3) is 11.8 Å². The Bertz CT molecular complexity index is 1320. The van der Waals surface area contributed by atoms with Crippen molar-refractivity contribution in [1.82, 2.24) is 20.0 Å². The van der Waals surface area contributed by atoms with E-state index in [0.29, 0.717) is 5.92 Å². The lowest BCUT2D eigenvalue weighted by Gasteiger charge is -2.38. The summed E-state index contributed by atoms with van der Waals surface area (Å²) in [5.74, 6) is 0.522. The van der Waals surface area contributed by atoms with Crippen molar-refractivity contribution in [3.05, 3.63) is 89.0 Å². The summed E-state index contributed by atoms with van der Waals surface area (Å²) in [5.41, 5.74) is 5.92. The molecule has 0 bridgehead atoms. The number of fused-ring (bicyclic) bond motifs is 2. The topological polar surface area (TPSA) is 50.2 Å². The van der Waals surface area contributed by atoms with E-state index in [4.69, 9.17) is 0 Å². The first-order valence-corrected chi connectivity index (χ1v) is 14.0. The molecule has 2 aliphatic carbocycles. The molecule has 2 heterocycles. The van der Waals surface area contributed by atoms with Crippen LogP contribution in [-0.2, 0) is 11.2 Å². The molecule has 1 aromatic heterocycles. The predicted octanol–water partition coefficient (Wildman–Crippen LogP) is 5.96. The number of rotatable bonds is 6. The van der Waals surface area contributed by atoms with Gasteiger partial charge in [-0.05, 0) is 111 Å². The second-order valence-electron chi connectivity index (χ2n) is 11.7. The van der Waals surface area contributed by atoms with Crippen LogP contribution in [0.1, 0.15) is 61.9 Å². The molecule has 1 amide bonds. The maximum absolute atomic E-state index is 13.5. The number of nitrogens with one attached hydrogen (secondary N) is 1. The number of hydrogen-bond acceptors (Lipinski definition) is 3. The van der Waals surface area contributed by atoms with Gasteiger partial charge in [-0.15, -0.1) is 0 Å². The van der Waals surface area contributed by atoms with E-state index >= 15 is 0 Å². The maximum Gasteiger partial charge on any atom is 0.223 e. The van der Waals surface area contributed by atoms with E-state index < -0.39 is 0 Å². The van der Waals surface area contributed by atoms with Crippen LogP contribution in [0.4, 0.5) is 4.39 Å². The summed E-state index contributed by atoms with van der Waals surface area (Å²) in [7, 11) is 2.13. The number of benzene rings is 2. The van der Waals surface area contributed by atoms with Crippen LogP contribution in [0.15, 0.2) is 66.4 Å². The largest absolute Gasteiger partial charge is 0.349 e. The number of allylic oxidation sites excluding steroid dienone is 1. The Morgan fingerprint density at radius 2 is 1.84 bits per heavy atom. The second kappa shape index (κ2) is 10.1. The molecule has 1 aliphatic heterocycles. The Kier molecular flexibility index (Phi) is 6.68. The summed E-state index contributed by atoms with van der Waals surface area (Å²) in [6, 6.07) is 17.0. The molecular formula is C32H37FN4O. The molecule has 0 spiro atoms. The van der Waals surface area contributed by atoms with E-state index in [2.05, 4.69) is 59.6 Å². The Hall–Kier alpha value is -3.25. The Balaban J connectivity index is 1.23.